The molecule has 1 heterocycles. The molecule has 0 spiro atoms. The monoisotopic (exact) mass is 368 g/mol. The number of aryl methyl sites for hydroxylation is 3. The Labute approximate surface area is 156 Å². The number of carbonyl (C=O) groups is 1. The molecule has 3 aromatic rings. The van der Waals surface area contributed by atoms with E-state index in [-0.39, 0.29) is 5.91 Å². The first kappa shape index (κ1) is 17.7. The zero-order chi connectivity index (χ0) is 17.8. The molecule has 0 bridgehead atoms. The van der Waals surface area contributed by atoms with E-state index in [0.29, 0.717) is 5.56 Å². The molecule has 1 N–H and O–H groups in total. The topological polar surface area (TPSA) is 42.0 Å². The maximum Gasteiger partial charge on any atom is 0.256 e. The van der Waals surface area contributed by atoms with Crippen molar-refractivity contribution in [2.45, 2.75) is 31.4 Å². The predicted molar refractivity (Wildman–Crippen MR) is 107 cm³/mol. The number of anilines is 1. The lowest BCUT2D eigenvalue weighted by Crippen LogP contribution is -2.14. The van der Waals surface area contributed by atoms with Gasteiger partial charge in [-0.1, -0.05) is 24.3 Å². The summed E-state index contributed by atoms with van der Waals surface area (Å²) in [4.78, 5) is 18.2. The molecule has 0 aliphatic heterocycles. The zero-order valence-electron chi connectivity index (χ0n) is 14.5. The molecule has 0 aliphatic rings. The molecule has 0 unspecified atom stereocenters. The van der Waals surface area contributed by atoms with Crippen molar-refractivity contribution in [3.63, 3.8) is 0 Å². The third-order valence-electron chi connectivity index (χ3n) is 3.82. The van der Waals surface area contributed by atoms with Gasteiger partial charge < -0.3 is 5.32 Å². The second kappa shape index (κ2) is 7.85. The summed E-state index contributed by atoms with van der Waals surface area (Å²) >= 11 is 3.29. The Kier molecular flexibility index (Phi) is 5.56. The van der Waals surface area contributed by atoms with Crippen molar-refractivity contribution >= 4 is 34.7 Å². The number of aromatic nitrogens is 1. The summed E-state index contributed by atoms with van der Waals surface area (Å²) in [7, 11) is 0. The summed E-state index contributed by atoms with van der Waals surface area (Å²) in [6, 6.07) is 13.8. The Balaban J connectivity index is 1.77. The second-order valence-electron chi connectivity index (χ2n) is 5.92. The summed E-state index contributed by atoms with van der Waals surface area (Å²) in [6.07, 6.45) is 0. The second-order valence-corrected chi connectivity index (χ2v) is 7.99. The number of amides is 1. The molecule has 2 aromatic carbocycles. The van der Waals surface area contributed by atoms with Crippen LogP contribution in [0.3, 0.4) is 0 Å². The van der Waals surface area contributed by atoms with E-state index in [9.17, 15) is 4.79 Å². The standard InChI is InChI=1S/C20H20N2OS2/c1-13-8-9-14(2)18(10-13)22-20(23)17-6-4-5-7-19(17)25-12-16-11-24-15(3)21-16/h4-11H,12H2,1-3H3,(H,22,23). The number of nitrogens with one attached hydrogen (secondary N) is 1. The Morgan fingerprint density at radius 2 is 1.96 bits per heavy atom. The van der Waals surface area contributed by atoms with Crippen molar-refractivity contribution in [3.05, 3.63) is 75.2 Å². The molecular weight excluding hydrogens is 348 g/mol. The maximum atomic E-state index is 12.8. The van der Waals surface area contributed by atoms with Gasteiger partial charge >= 0.3 is 0 Å². The number of hydrogen-bond donors (Lipinski definition) is 1. The molecule has 1 amide bonds. The van der Waals surface area contributed by atoms with Crippen LogP contribution >= 0.6 is 23.1 Å². The van der Waals surface area contributed by atoms with Gasteiger partial charge in [-0.2, -0.15) is 0 Å². The Hall–Kier alpha value is -2.11. The summed E-state index contributed by atoms with van der Waals surface area (Å²) in [6.45, 7) is 6.03. The largest absolute Gasteiger partial charge is 0.322 e. The van der Waals surface area contributed by atoms with Gasteiger partial charge in [0.2, 0.25) is 0 Å². The predicted octanol–water partition coefficient (Wildman–Crippen LogP) is 5.61. The first-order valence-corrected chi connectivity index (χ1v) is 9.91. The average molecular weight is 369 g/mol. The molecule has 0 fully saturated rings. The van der Waals surface area contributed by atoms with Crippen LogP contribution in [0.2, 0.25) is 0 Å². The van der Waals surface area contributed by atoms with E-state index in [1.807, 2.05) is 63.2 Å². The molecular formula is C20H20N2OS2. The summed E-state index contributed by atoms with van der Waals surface area (Å²) < 4.78 is 0. The van der Waals surface area contributed by atoms with Gasteiger partial charge in [0, 0.05) is 21.7 Å². The quantitative estimate of drug-likeness (QED) is 0.595. The van der Waals surface area contributed by atoms with E-state index in [2.05, 4.69) is 15.7 Å². The van der Waals surface area contributed by atoms with Crippen molar-refractivity contribution in [1.29, 1.82) is 0 Å². The lowest BCUT2D eigenvalue weighted by atomic mass is 10.1. The van der Waals surface area contributed by atoms with Crippen molar-refractivity contribution < 1.29 is 4.79 Å². The molecule has 0 aliphatic carbocycles. The molecule has 128 valence electrons. The van der Waals surface area contributed by atoms with Crippen LogP contribution in [0.25, 0.3) is 0 Å². The summed E-state index contributed by atoms with van der Waals surface area (Å²) in [5, 5.41) is 6.18. The van der Waals surface area contributed by atoms with Gasteiger partial charge in [0.25, 0.3) is 5.91 Å². The minimum atomic E-state index is -0.0775. The van der Waals surface area contributed by atoms with Crippen LogP contribution < -0.4 is 5.32 Å². The van der Waals surface area contributed by atoms with Crippen LogP contribution in [0, 0.1) is 20.8 Å². The summed E-state index contributed by atoms with van der Waals surface area (Å²) in [5.74, 6) is 0.684. The molecule has 5 heteroatoms. The Morgan fingerprint density at radius 3 is 2.72 bits per heavy atom. The van der Waals surface area contributed by atoms with Crippen molar-refractivity contribution in [2.24, 2.45) is 0 Å². The minimum Gasteiger partial charge on any atom is -0.322 e. The van der Waals surface area contributed by atoms with E-state index >= 15 is 0 Å². The smallest absolute Gasteiger partial charge is 0.256 e. The number of rotatable bonds is 5. The molecule has 0 saturated carbocycles. The third kappa shape index (κ3) is 4.50. The highest BCUT2D eigenvalue weighted by Gasteiger charge is 2.13. The maximum absolute atomic E-state index is 12.8. The van der Waals surface area contributed by atoms with Crippen LogP contribution in [0.5, 0.6) is 0 Å². The SMILES string of the molecule is Cc1ccc(C)c(NC(=O)c2ccccc2SCc2csc(C)n2)c1. The number of nitrogens with zero attached hydrogens (tertiary/aromatic N) is 1. The van der Waals surface area contributed by atoms with E-state index in [0.717, 1.165) is 38.2 Å². The van der Waals surface area contributed by atoms with Gasteiger partial charge in [-0.3, -0.25) is 4.79 Å². The molecule has 1 aromatic heterocycles. The minimum absolute atomic E-state index is 0.0775. The first-order valence-electron chi connectivity index (χ1n) is 8.04. The molecule has 25 heavy (non-hydrogen) atoms. The van der Waals surface area contributed by atoms with Gasteiger partial charge in [0.05, 0.1) is 16.3 Å². The van der Waals surface area contributed by atoms with Gasteiger partial charge in [-0.15, -0.1) is 23.1 Å². The Bertz CT molecular complexity index is 902. The fourth-order valence-corrected chi connectivity index (χ4v) is 4.13. The molecule has 0 radical (unpaired) electrons. The number of thioether (sulfide) groups is 1. The van der Waals surface area contributed by atoms with Gasteiger partial charge in [0.1, 0.15) is 0 Å². The third-order valence-corrected chi connectivity index (χ3v) is 5.74. The number of benzene rings is 2. The average Bonchev–Trinajstić information content (AvgIpc) is 3.02. The van der Waals surface area contributed by atoms with Gasteiger partial charge in [0.15, 0.2) is 0 Å². The molecule has 3 rings (SSSR count). The highest BCUT2D eigenvalue weighted by molar-refractivity contribution is 7.98. The number of thiazole rings is 1. The highest BCUT2D eigenvalue weighted by atomic mass is 32.2. The highest BCUT2D eigenvalue weighted by Crippen LogP contribution is 2.28. The van der Waals surface area contributed by atoms with Crippen molar-refractivity contribution in [3.8, 4) is 0 Å². The van der Waals surface area contributed by atoms with E-state index in [1.165, 1.54) is 0 Å². The van der Waals surface area contributed by atoms with Crippen LogP contribution in [-0.2, 0) is 5.75 Å². The zero-order valence-corrected chi connectivity index (χ0v) is 16.1. The first-order chi connectivity index (χ1) is 12.0. The fourth-order valence-electron chi connectivity index (χ4n) is 2.47. The lowest BCUT2D eigenvalue weighted by molar-refractivity contribution is 0.102. The van der Waals surface area contributed by atoms with E-state index < -0.39 is 0 Å². The van der Waals surface area contributed by atoms with Crippen LogP contribution in [0.15, 0.2) is 52.7 Å². The number of hydrogen-bond acceptors (Lipinski definition) is 4. The number of carbonyl (C=O) groups excluding carboxylic acids is 1. The van der Waals surface area contributed by atoms with E-state index in [4.69, 9.17) is 0 Å². The van der Waals surface area contributed by atoms with Crippen molar-refractivity contribution in [1.82, 2.24) is 4.98 Å². The van der Waals surface area contributed by atoms with Gasteiger partial charge in [-0.05, 0) is 50.1 Å². The summed E-state index contributed by atoms with van der Waals surface area (Å²) in [5.41, 5.74) is 4.79. The Morgan fingerprint density at radius 1 is 1.16 bits per heavy atom. The normalized spacial score (nSPS) is 10.7. The lowest BCUT2D eigenvalue weighted by Gasteiger charge is -2.12. The molecule has 0 saturated heterocycles. The van der Waals surface area contributed by atoms with Crippen LogP contribution in [-0.4, -0.2) is 10.9 Å². The van der Waals surface area contributed by atoms with Crippen molar-refractivity contribution in [2.75, 3.05) is 5.32 Å². The van der Waals surface area contributed by atoms with Gasteiger partial charge in [-0.25, -0.2) is 4.98 Å². The van der Waals surface area contributed by atoms with Crippen LogP contribution in [0.1, 0.15) is 32.2 Å². The fraction of sp³-hybridized carbons (Fsp3) is 0.200. The molecule has 3 nitrogen and oxygen atoms in total. The molecule has 0 atom stereocenters. The van der Waals surface area contributed by atoms with Crippen LogP contribution in [0.4, 0.5) is 5.69 Å². The van der Waals surface area contributed by atoms with E-state index in [1.54, 1.807) is 23.1 Å².